The molecule has 63 heavy (non-hydrogen) atoms. The molecule has 0 aliphatic carbocycles. The minimum absolute atomic E-state index is 0.281. The number of hydrogen-bond acceptors (Lipinski definition) is 18. The van der Waals surface area contributed by atoms with Crippen molar-refractivity contribution in [3.63, 3.8) is 0 Å². The third-order valence-electron chi connectivity index (χ3n) is 5.60. The van der Waals surface area contributed by atoms with Crippen LogP contribution < -0.4 is 34.3 Å². The zero-order valence-corrected chi connectivity index (χ0v) is 45.7. The highest BCUT2D eigenvalue weighted by molar-refractivity contribution is 7.57. The quantitative estimate of drug-likeness (QED) is 0.0558. The van der Waals surface area contributed by atoms with Crippen LogP contribution in [0.3, 0.4) is 0 Å². The Bertz CT molecular complexity index is 931. The topological polar surface area (TPSA) is 363 Å². The van der Waals surface area contributed by atoms with E-state index in [9.17, 15) is 28.7 Å². The van der Waals surface area contributed by atoms with Gasteiger partial charge in [-0.25, -0.2) is 0 Å². The van der Waals surface area contributed by atoms with Crippen LogP contribution in [0.4, 0.5) is 0 Å². The SMILES string of the molecule is C[N+](C)(C)CCO.C[N+](C)(C)CCO.C[N+](C)(C)CCO.C[N+](C)(C)CCO.C[N+](C)(C)CCO.C[N+](C)(C)CCO.C[N+](C)(C)CCO.O=P([O-])([O-])OP(=O)([O-])[O-].O=P([O-])([O-])[O-]. The first kappa shape index (κ1) is 82.9. The summed E-state index contributed by atoms with van der Waals surface area (Å²) in [5, 5.41) is 58.7. The predicted octanol–water partition coefficient (Wildman–Crippen LogP) is -8.37. The molecule has 0 bridgehead atoms. The molecule has 0 atom stereocenters. The van der Waals surface area contributed by atoms with Gasteiger partial charge in [0, 0.05) is 0 Å². The number of nitrogens with zero attached hydrogens (tertiary/aromatic N) is 7. The number of rotatable bonds is 16. The molecule has 0 aromatic heterocycles. The van der Waals surface area contributed by atoms with Crippen molar-refractivity contribution in [1.82, 2.24) is 0 Å². The van der Waals surface area contributed by atoms with E-state index in [2.05, 4.69) is 152 Å². The molecule has 0 aliphatic heterocycles. The standard InChI is InChI=1S/7C5H14NO.H4O7P2.H3O4P/c7*1-6(2,3)4-5-7;1-8(2,3)7-9(4,5)6;1-5(2,3)4/h7*7H,4-5H2,1-3H3;(H2,1,2,3)(H2,4,5,6);(H3,1,2,3,4)/q7*+1;;/p-7. The van der Waals surface area contributed by atoms with Crippen LogP contribution in [0.1, 0.15) is 0 Å². The van der Waals surface area contributed by atoms with Gasteiger partial charge in [-0.3, -0.25) is 0 Å². The third-order valence-corrected chi connectivity index (χ3v) is 7.20. The summed E-state index contributed by atoms with van der Waals surface area (Å²) in [5.41, 5.74) is 0. The van der Waals surface area contributed by atoms with Crippen molar-refractivity contribution in [1.29, 1.82) is 0 Å². The molecule has 0 spiro atoms. The molecule has 0 aromatic carbocycles. The summed E-state index contributed by atoms with van der Waals surface area (Å²) in [4.78, 5) is 62.9. The molecule has 396 valence electrons. The zero-order valence-electron chi connectivity index (χ0n) is 43.0. The van der Waals surface area contributed by atoms with Gasteiger partial charge in [-0.15, -0.1) is 0 Å². The van der Waals surface area contributed by atoms with Gasteiger partial charge in [0.1, 0.15) is 45.8 Å². The highest BCUT2D eigenvalue weighted by atomic mass is 31.3. The van der Waals surface area contributed by atoms with Gasteiger partial charge in [0.25, 0.3) is 0 Å². The maximum absolute atomic E-state index is 9.32. The van der Waals surface area contributed by atoms with E-state index in [0.29, 0.717) is 0 Å². The predicted molar refractivity (Wildman–Crippen MR) is 234 cm³/mol. The van der Waals surface area contributed by atoms with Crippen LogP contribution in [0.5, 0.6) is 0 Å². The van der Waals surface area contributed by atoms with Crippen LogP contribution in [0.2, 0.25) is 0 Å². The van der Waals surface area contributed by atoms with Gasteiger partial charge in [0.2, 0.25) is 0 Å². The fourth-order valence-corrected chi connectivity index (χ4v) is 3.20. The van der Waals surface area contributed by atoms with E-state index < -0.39 is 23.5 Å². The lowest BCUT2D eigenvalue weighted by Crippen LogP contribution is -2.36. The van der Waals surface area contributed by atoms with E-state index in [-0.39, 0.29) is 46.2 Å². The fraction of sp³-hybridized carbons (Fsp3) is 1.00. The second-order valence-corrected chi connectivity index (χ2v) is 23.9. The summed E-state index contributed by atoms with van der Waals surface area (Å²) in [6, 6.07) is 0. The monoisotopic (exact) mass is 998 g/mol. The molecule has 0 fully saturated rings. The van der Waals surface area contributed by atoms with Crippen molar-refractivity contribution in [2.24, 2.45) is 0 Å². The minimum atomic E-state index is -5.68. The summed E-state index contributed by atoms with van der Waals surface area (Å²) in [6.07, 6.45) is 0. The molecule has 0 unspecified atom stereocenters. The smallest absolute Gasteiger partial charge is 0.101 e. The molecule has 0 aliphatic rings. The highest BCUT2D eigenvalue weighted by Gasteiger charge is 2.06. The fourth-order valence-electron chi connectivity index (χ4n) is 2.22. The van der Waals surface area contributed by atoms with Gasteiger partial charge in [-0.05, 0) is 0 Å². The zero-order chi connectivity index (χ0) is 53.6. The van der Waals surface area contributed by atoms with E-state index in [4.69, 9.17) is 55.0 Å². The molecular formula is C35H98N7O18P3. The van der Waals surface area contributed by atoms with Gasteiger partial charge < -0.3 is 119 Å². The highest BCUT2D eigenvalue weighted by Crippen LogP contribution is 2.42. The first-order valence-electron chi connectivity index (χ1n) is 19.5. The van der Waals surface area contributed by atoms with Crippen LogP contribution in [-0.2, 0) is 18.0 Å². The van der Waals surface area contributed by atoms with Crippen LogP contribution in [0, 0.1) is 0 Å². The van der Waals surface area contributed by atoms with Gasteiger partial charge in [0.05, 0.1) is 210 Å². The first-order chi connectivity index (χ1) is 27.1. The number of aliphatic hydroxyl groups is 7. The Kier molecular flexibility index (Phi) is 53.7. The minimum Gasteiger partial charge on any atom is -0.822 e. The maximum atomic E-state index is 9.32. The first-order valence-corrected chi connectivity index (χ1v) is 23.9. The van der Waals surface area contributed by atoms with Crippen molar-refractivity contribution >= 4 is 23.5 Å². The van der Waals surface area contributed by atoms with Crippen LogP contribution >= 0.6 is 23.5 Å². The van der Waals surface area contributed by atoms with E-state index in [1.165, 1.54) is 0 Å². The second kappa shape index (κ2) is 40.8. The van der Waals surface area contributed by atoms with Crippen molar-refractivity contribution in [2.45, 2.75) is 0 Å². The Morgan fingerprint density at radius 2 is 0.365 bits per heavy atom. The summed E-state index contributed by atoms with van der Waals surface area (Å²) in [5.74, 6) is 0. The number of hydrogen-bond donors (Lipinski definition) is 7. The molecule has 0 rings (SSSR count). The van der Waals surface area contributed by atoms with E-state index in [1.807, 2.05) is 0 Å². The van der Waals surface area contributed by atoms with Gasteiger partial charge in [-0.2, -0.15) is 7.82 Å². The molecule has 0 radical (unpaired) electrons. The van der Waals surface area contributed by atoms with Crippen LogP contribution in [0.15, 0.2) is 0 Å². The van der Waals surface area contributed by atoms with Gasteiger partial charge >= 0.3 is 0 Å². The Morgan fingerprint density at radius 3 is 0.365 bits per heavy atom. The van der Waals surface area contributed by atoms with Crippen LogP contribution in [0.25, 0.3) is 0 Å². The normalized spacial score (nSPS) is 12.2. The lowest BCUT2D eigenvalue weighted by Gasteiger charge is -2.39. The molecule has 0 saturated carbocycles. The number of phosphoric acid groups is 3. The summed E-state index contributed by atoms with van der Waals surface area (Å²) in [7, 11) is 26.3. The lowest BCUT2D eigenvalue weighted by molar-refractivity contribution is -0.870. The van der Waals surface area contributed by atoms with E-state index >= 15 is 0 Å². The van der Waals surface area contributed by atoms with Gasteiger partial charge in [0.15, 0.2) is 0 Å². The number of likely N-dealkylation sites (N-methyl/N-ethyl adjacent to an activating group) is 7. The average molecular weight is 998 g/mol. The third kappa shape index (κ3) is 193. The summed E-state index contributed by atoms with van der Waals surface area (Å²) in [6.45, 7) is 7.80. The number of quaternary nitrogens is 7. The molecule has 0 aromatic rings. The van der Waals surface area contributed by atoms with E-state index in [0.717, 1.165) is 77.2 Å². The molecule has 0 saturated heterocycles. The van der Waals surface area contributed by atoms with Crippen molar-refractivity contribution < 1.29 is 119 Å². The average Bonchev–Trinajstić information content (AvgIpc) is 2.88. The molecule has 7 N–H and O–H groups in total. The Labute approximate surface area is 382 Å². The van der Waals surface area contributed by atoms with E-state index in [1.54, 1.807) is 0 Å². The summed E-state index contributed by atoms with van der Waals surface area (Å²) >= 11 is 0. The van der Waals surface area contributed by atoms with Crippen molar-refractivity contribution in [2.75, 3.05) is 240 Å². The maximum Gasteiger partial charge on any atom is 0.101 e. The molecule has 25 nitrogen and oxygen atoms in total. The number of aliphatic hydroxyl groups excluding tert-OH is 7. The summed E-state index contributed by atoms with van der Waals surface area (Å²) < 4.78 is 35.6. The van der Waals surface area contributed by atoms with Crippen molar-refractivity contribution in [3.05, 3.63) is 0 Å². The Balaban J connectivity index is -0.0000000746. The molecule has 0 heterocycles. The second-order valence-electron chi connectivity index (χ2n) is 20.6. The largest absolute Gasteiger partial charge is 0.822 e. The van der Waals surface area contributed by atoms with Crippen LogP contribution in [-0.4, -0.2) is 307 Å². The lowest BCUT2D eigenvalue weighted by atomic mass is 10.5. The molecule has 0 amide bonds. The molecular weight excluding hydrogens is 899 g/mol. The molecule has 28 heteroatoms. The Morgan fingerprint density at radius 1 is 0.286 bits per heavy atom. The Hall–Kier alpha value is -0.190. The van der Waals surface area contributed by atoms with Crippen molar-refractivity contribution in [3.8, 4) is 0 Å². The van der Waals surface area contributed by atoms with Gasteiger partial charge in [-0.1, -0.05) is 0 Å².